The minimum Gasteiger partial charge on any atom is -0.476 e. The predicted octanol–water partition coefficient (Wildman–Crippen LogP) is 2.78. The highest BCUT2D eigenvalue weighted by Crippen LogP contribution is 2.19. The number of aromatic carboxylic acids is 1. The molecule has 1 N–H and O–H groups in total. The monoisotopic (exact) mass is 273 g/mol. The Balaban J connectivity index is 2.58. The van der Waals surface area contributed by atoms with Crippen molar-refractivity contribution in [2.24, 2.45) is 5.92 Å². The number of aromatic nitrogens is 3. The van der Waals surface area contributed by atoms with Crippen LogP contribution in [0.3, 0.4) is 0 Å². The number of rotatable bonds is 4. The van der Waals surface area contributed by atoms with E-state index in [1.807, 2.05) is 39.8 Å². The number of carboxylic acids is 1. The van der Waals surface area contributed by atoms with E-state index in [9.17, 15) is 9.90 Å². The van der Waals surface area contributed by atoms with Crippen molar-refractivity contribution in [2.45, 2.75) is 34.1 Å². The van der Waals surface area contributed by atoms with Gasteiger partial charge in [0.05, 0.1) is 11.4 Å². The van der Waals surface area contributed by atoms with E-state index in [0.717, 1.165) is 16.8 Å². The lowest BCUT2D eigenvalue weighted by molar-refractivity contribution is 0.0689. The molecule has 1 heterocycles. The Morgan fingerprint density at radius 1 is 1.25 bits per heavy atom. The van der Waals surface area contributed by atoms with E-state index in [1.54, 1.807) is 4.68 Å². The molecule has 0 aliphatic heterocycles. The summed E-state index contributed by atoms with van der Waals surface area (Å²) in [6.45, 7) is 8.11. The first-order valence-electron chi connectivity index (χ1n) is 6.65. The zero-order valence-electron chi connectivity index (χ0n) is 12.2. The number of aryl methyl sites for hydroxylation is 2. The number of nitrogens with zero attached hydrogens (tertiary/aromatic N) is 3. The maximum absolute atomic E-state index is 11.3. The maximum atomic E-state index is 11.3. The van der Waals surface area contributed by atoms with Crippen LogP contribution in [-0.2, 0) is 6.42 Å². The van der Waals surface area contributed by atoms with Gasteiger partial charge in [0.15, 0.2) is 5.69 Å². The first kappa shape index (κ1) is 14.2. The number of carboxylic acid groups (broad SMARTS) is 1. The fourth-order valence-electron chi connectivity index (χ4n) is 2.32. The third kappa shape index (κ3) is 2.87. The number of carbonyl (C=O) groups is 1. The Labute approximate surface area is 118 Å². The van der Waals surface area contributed by atoms with Gasteiger partial charge in [-0.25, -0.2) is 9.48 Å². The van der Waals surface area contributed by atoms with Gasteiger partial charge in [-0.1, -0.05) is 25.1 Å². The topological polar surface area (TPSA) is 68.0 Å². The maximum Gasteiger partial charge on any atom is 0.358 e. The fourth-order valence-corrected chi connectivity index (χ4v) is 2.32. The van der Waals surface area contributed by atoms with Gasteiger partial charge in [0.2, 0.25) is 0 Å². The zero-order valence-corrected chi connectivity index (χ0v) is 12.2. The summed E-state index contributed by atoms with van der Waals surface area (Å²) in [5.41, 5.74) is 3.78. The SMILES string of the molecule is Cc1cc(C)cc(-n2nnc(C(=O)O)c2CC(C)C)c1. The van der Waals surface area contributed by atoms with Crippen LogP contribution >= 0.6 is 0 Å². The summed E-state index contributed by atoms with van der Waals surface area (Å²) in [6.07, 6.45) is 0.627. The largest absolute Gasteiger partial charge is 0.476 e. The van der Waals surface area contributed by atoms with Crippen LogP contribution in [0.2, 0.25) is 0 Å². The molecule has 0 aliphatic rings. The van der Waals surface area contributed by atoms with Crippen LogP contribution < -0.4 is 0 Å². The Bertz CT molecular complexity index is 624. The highest BCUT2D eigenvalue weighted by atomic mass is 16.4. The van der Waals surface area contributed by atoms with E-state index in [4.69, 9.17) is 0 Å². The molecule has 1 aromatic heterocycles. The fraction of sp³-hybridized carbons (Fsp3) is 0.400. The van der Waals surface area contributed by atoms with Gasteiger partial charge in [0.1, 0.15) is 0 Å². The highest BCUT2D eigenvalue weighted by molar-refractivity contribution is 5.86. The Kier molecular flexibility index (Phi) is 3.88. The van der Waals surface area contributed by atoms with Crippen molar-refractivity contribution in [1.82, 2.24) is 15.0 Å². The molecule has 1 aromatic carbocycles. The van der Waals surface area contributed by atoms with Crippen LogP contribution in [0, 0.1) is 19.8 Å². The zero-order chi connectivity index (χ0) is 14.9. The molecule has 0 radical (unpaired) electrons. The molecule has 0 amide bonds. The van der Waals surface area contributed by atoms with Crippen molar-refractivity contribution in [1.29, 1.82) is 0 Å². The second kappa shape index (κ2) is 5.45. The molecule has 0 bridgehead atoms. The van der Waals surface area contributed by atoms with Gasteiger partial charge in [-0.2, -0.15) is 0 Å². The van der Waals surface area contributed by atoms with Crippen molar-refractivity contribution < 1.29 is 9.90 Å². The number of hydrogen-bond acceptors (Lipinski definition) is 3. The molecule has 0 aliphatic carbocycles. The average Bonchev–Trinajstić information content (AvgIpc) is 2.70. The van der Waals surface area contributed by atoms with Gasteiger partial charge in [0, 0.05) is 0 Å². The van der Waals surface area contributed by atoms with E-state index in [0.29, 0.717) is 18.0 Å². The molecule has 0 fully saturated rings. The minimum atomic E-state index is -1.03. The normalized spacial score (nSPS) is 11.1. The second-order valence-corrected chi connectivity index (χ2v) is 5.55. The quantitative estimate of drug-likeness (QED) is 0.930. The summed E-state index contributed by atoms with van der Waals surface area (Å²) in [4.78, 5) is 11.3. The van der Waals surface area contributed by atoms with Crippen molar-refractivity contribution in [3.8, 4) is 5.69 Å². The lowest BCUT2D eigenvalue weighted by atomic mass is 10.1. The van der Waals surface area contributed by atoms with Crippen molar-refractivity contribution in [3.63, 3.8) is 0 Å². The van der Waals surface area contributed by atoms with Gasteiger partial charge < -0.3 is 5.11 Å². The smallest absolute Gasteiger partial charge is 0.358 e. The number of benzene rings is 1. The van der Waals surface area contributed by atoms with Gasteiger partial charge >= 0.3 is 5.97 Å². The van der Waals surface area contributed by atoms with Crippen molar-refractivity contribution >= 4 is 5.97 Å². The molecule has 2 aromatic rings. The summed E-state index contributed by atoms with van der Waals surface area (Å²) >= 11 is 0. The third-order valence-electron chi connectivity index (χ3n) is 3.02. The highest BCUT2D eigenvalue weighted by Gasteiger charge is 2.20. The van der Waals surface area contributed by atoms with Crippen LogP contribution in [0.1, 0.15) is 41.2 Å². The van der Waals surface area contributed by atoms with E-state index in [2.05, 4.69) is 16.4 Å². The van der Waals surface area contributed by atoms with Crippen LogP contribution in [0.5, 0.6) is 0 Å². The average molecular weight is 273 g/mol. The molecule has 0 spiro atoms. The summed E-state index contributed by atoms with van der Waals surface area (Å²) in [7, 11) is 0. The van der Waals surface area contributed by atoms with Gasteiger partial charge in [-0.15, -0.1) is 5.10 Å². The van der Waals surface area contributed by atoms with Gasteiger partial charge in [0.25, 0.3) is 0 Å². The summed E-state index contributed by atoms with van der Waals surface area (Å²) in [6, 6.07) is 6.04. The van der Waals surface area contributed by atoms with Crippen LogP contribution in [-0.4, -0.2) is 26.1 Å². The second-order valence-electron chi connectivity index (χ2n) is 5.55. The first-order chi connectivity index (χ1) is 9.38. The molecule has 106 valence electrons. The molecule has 5 nitrogen and oxygen atoms in total. The molecule has 0 saturated carbocycles. The minimum absolute atomic E-state index is 0.0397. The molecular weight excluding hydrogens is 254 g/mol. The summed E-state index contributed by atoms with van der Waals surface area (Å²) in [5.74, 6) is -0.701. The van der Waals surface area contributed by atoms with E-state index < -0.39 is 5.97 Å². The van der Waals surface area contributed by atoms with Gasteiger partial charge in [-0.05, 0) is 49.4 Å². The van der Waals surface area contributed by atoms with E-state index in [-0.39, 0.29) is 5.69 Å². The first-order valence-corrected chi connectivity index (χ1v) is 6.65. The third-order valence-corrected chi connectivity index (χ3v) is 3.02. The van der Waals surface area contributed by atoms with Gasteiger partial charge in [-0.3, -0.25) is 0 Å². The standard InChI is InChI=1S/C15H19N3O2/c1-9(2)5-13-14(15(19)20)16-17-18(13)12-7-10(3)6-11(4)8-12/h6-9H,5H2,1-4H3,(H,19,20). The Morgan fingerprint density at radius 3 is 2.35 bits per heavy atom. The number of hydrogen-bond donors (Lipinski definition) is 1. The van der Waals surface area contributed by atoms with Crippen molar-refractivity contribution in [2.75, 3.05) is 0 Å². The lowest BCUT2D eigenvalue weighted by Gasteiger charge is -2.10. The Morgan fingerprint density at radius 2 is 1.85 bits per heavy atom. The molecule has 20 heavy (non-hydrogen) atoms. The summed E-state index contributed by atoms with van der Waals surface area (Å²) in [5, 5.41) is 17.1. The Hall–Kier alpha value is -2.17. The van der Waals surface area contributed by atoms with E-state index >= 15 is 0 Å². The van der Waals surface area contributed by atoms with Crippen molar-refractivity contribution in [3.05, 3.63) is 40.7 Å². The summed E-state index contributed by atoms with van der Waals surface area (Å²) < 4.78 is 1.64. The van der Waals surface area contributed by atoms with E-state index in [1.165, 1.54) is 0 Å². The molecule has 0 saturated heterocycles. The predicted molar refractivity (Wildman–Crippen MR) is 76.3 cm³/mol. The van der Waals surface area contributed by atoms with Crippen LogP contribution in [0.25, 0.3) is 5.69 Å². The molecule has 5 heteroatoms. The molecule has 0 atom stereocenters. The molecule has 2 rings (SSSR count). The lowest BCUT2D eigenvalue weighted by Crippen LogP contribution is -2.10. The van der Waals surface area contributed by atoms with Crippen LogP contribution in [0.4, 0.5) is 0 Å². The van der Waals surface area contributed by atoms with Crippen LogP contribution in [0.15, 0.2) is 18.2 Å². The molecular formula is C15H19N3O2. The molecule has 0 unspecified atom stereocenters.